The predicted molar refractivity (Wildman–Crippen MR) is 45.3 cm³/mol. The first kappa shape index (κ1) is 8.92. The molecule has 1 heterocycles. The van der Waals surface area contributed by atoms with Crippen LogP contribution in [0.5, 0.6) is 0 Å². The van der Waals surface area contributed by atoms with Crippen molar-refractivity contribution in [2.45, 2.75) is 12.8 Å². The van der Waals surface area contributed by atoms with Crippen molar-refractivity contribution in [3.05, 3.63) is 6.42 Å². The van der Waals surface area contributed by atoms with Crippen LogP contribution in [-0.2, 0) is 4.74 Å². The first-order valence-electron chi connectivity index (χ1n) is 4.01. The van der Waals surface area contributed by atoms with Crippen LogP contribution in [0.3, 0.4) is 0 Å². The molecule has 1 rings (SSSR count). The molecule has 1 radical (unpaired) electrons. The Labute approximate surface area is 72.7 Å². The van der Waals surface area contributed by atoms with Gasteiger partial charge in [0, 0.05) is 13.1 Å². The monoisotopic (exact) mass is 166 g/mol. The highest BCUT2D eigenvalue weighted by atomic mass is 16.6. The maximum Gasteiger partial charge on any atom is 0.410 e. The predicted octanol–water partition coefficient (Wildman–Crippen LogP) is 1.06. The minimum absolute atomic E-state index is 0.0685. The number of carbonyl (C=O) groups is 1. The Morgan fingerprint density at radius 3 is 2.83 bits per heavy atom. The first-order chi connectivity index (χ1) is 5.84. The molecule has 1 fully saturated rings. The second kappa shape index (κ2) is 4.66. The van der Waals surface area contributed by atoms with Gasteiger partial charge in [-0.1, -0.05) is 5.92 Å². The summed E-state index contributed by atoms with van der Waals surface area (Å²) in [5.74, 6) is 2.26. The van der Waals surface area contributed by atoms with Crippen LogP contribution in [0.4, 0.5) is 4.79 Å². The van der Waals surface area contributed by atoms with Gasteiger partial charge in [0.25, 0.3) is 0 Å². The molecule has 0 aromatic carbocycles. The lowest BCUT2D eigenvalue weighted by Crippen LogP contribution is -2.36. The number of carbonyl (C=O) groups excluding carboxylic acids is 1. The van der Waals surface area contributed by atoms with E-state index in [2.05, 4.69) is 12.3 Å². The van der Waals surface area contributed by atoms with E-state index < -0.39 is 0 Å². The summed E-state index contributed by atoms with van der Waals surface area (Å²) in [4.78, 5) is 12.8. The fourth-order valence-electron chi connectivity index (χ4n) is 1.13. The number of amides is 1. The van der Waals surface area contributed by atoms with E-state index in [1.807, 2.05) is 0 Å². The minimum Gasteiger partial charge on any atom is -0.436 e. The standard InChI is InChI=1S/C9H12NO2/c1-2-8-12-9(11)10-6-4-3-5-7-10/h1,3H,4-8H2. The number of rotatable bonds is 1. The van der Waals surface area contributed by atoms with E-state index in [0.29, 0.717) is 0 Å². The third-order valence-electron chi connectivity index (χ3n) is 1.74. The van der Waals surface area contributed by atoms with E-state index in [1.165, 1.54) is 0 Å². The zero-order chi connectivity index (χ0) is 8.81. The SMILES string of the molecule is C#CCOC(=O)N1CC[CH]CC1. The highest BCUT2D eigenvalue weighted by Gasteiger charge is 2.16. The van der Waals surface area contributed by atoms with Crippen molar-refractivity contribution < 1.29 is 9.53 Å². The summed E-state index contributed by atoms with van der Waals surface area (Å²) < 4.78 is 4.77. The van der Waals surface area contributed by atoms with Crippen LogP contribution in [0, 0.1) is 18.8 Å². The molecule has 0 bridgehead atoms. The van der Waals surface area contributed by atoms with Gasteiger partial charge in [-0.25, -0.2) is 4.79 Å². The van der Waals surface area contributed by atoms with Crippen LogP contribution in [0.25, 0.3) is 0 Å². The van der Waals surface area contributed by atoms with Gasteiger partial charge in [-0.2, -0.15) is 0 Å². The molecule has 0 aromatic heterocycles. The topological polar surface area (TPSA) is 29.5 Å². The minimum atomic E-state index is -0.291. The molecule has 3 heteroatoms. The first-order valence-corrected chi connectivity index (χ1v) is 4.01. The van der Waals surface area contributed by atoms with Gasteiger partial charge in [0.15, 0.2) is 6.61 Å². The largest absolute Gasteiger partial charge is 0.436 e. The molecule has 1 aliphatic heterocycles. The second-order valence-electron chi connectivity index (χ2n) is 2.61. The van der Waals surface area contributed by atoms with Gasteiger partial charge in [-0.05, 0) is 19.3 Å². The average molecular weight is 166 g/mol. The van der Waals surface area contributed by atoms with E-state index in [4.69, 9.17) is 11.2 Å². The van der Waals surface area contributed by atoms with Crippen LogP contribution in [0.15, 0.2) is 0 Å². The Bertz CT molecular complexity index is 189. The highest BCUT2D eigenvalue weighted by molar-refractivity contribution is 5.67. The summed E-state index contributed by atoms with van der Waals surface area (Å²) in [5, 5.41) is 0. The lowest BCUT2D eigenvalue weighted by molar-refractivity contribution is 0.110. The van der Waals surface area contributed by atoms with Crippen LogP contribution in [-0.4, -0.2) is 30.7 Å². The van der Waals surface area contributed by atoms with Gasteiger partial charge in [0.1, 0.15) is 0 Å². The smallest absolute Gasteiger partial charge is 0.410 e. The van der Waals surface area contributed by atoms with E-state index in [-0.39, 0.29) is 12.7 Å². The Balaban J connectivity index is 2.26. The Morgan fingerprint density at radius 1 is 1.58 bits per heavy atom. The van der Waals surface area contributed by atoms with Gasteiger partial charge in [0.05, 0.1) is 0 Å². The van der Waals surface area contributed by atoms with E-state index in [9.17, 15) is 4.79 Å². The van der Waals surface area contributed by atoms with E-state index in [1.54, 1.807) is 4.90 Å². The van der Waals surface area contributed by atoms with Crippen LogP contribution < -0.4 is 0 Å². The third-order valence-corrected chi connectivity index (χ3v) is 1.74. The van der Waals surface area contributed by atoms with Crippen molar-refractivity contribution in [2.75, 3.05) is 19.7 Å². The summed E-state index contributed by atoms with van der Waals surface area (Å²) in [5.41, 5.74) is 0. The van der Waals surface area contributed by atoms with Gasteiger partial charge in [-0.15, -0.1) is 6.42 Å². The van der Waals surface area contributed by atoms with E-state index >= 15 is 0 Å². The van der Waals surface area contributed by atoms with Crippen LogP contribution in [0.1, 0.15) is 12.8 Å². The number of piperidine rings is 1. The van der Waals surface area contributed by atoms with Crippen molar-refractivity contribution >= 4 is 6.09 Å². The highest BCUT2D eigenvalue weighted by Crippen LogP contribution is 2.08. The summed E-state index contributed by atoms with van der Waals surface area (Å²) in [6, 6.07) is 0. The van der Waals surface area contributed by atoms with Crippen molar-refractivity contribution in [3.63, 3.8) is 0 Å². The van der Waals surface area contributed by atoms with Gasteiger partial charge >= 0.3 is 6.09 Å². The zero-order valence-electron chi connectivity index (χ0n) is 6.95. The molecule has 1 saturated heterocycles. The molecular formula is C9H12NO2. The number of terminal acetylenes is 1. The lowest BCUT2D eigenvalue weighted by Gasteiger charge is -2.25. The molecule has 0 N–H and O–H groups in total. The van der Waals surface area contributed by atoms with Crippen molar-refractivity contribution in [2.24, 2.45) is 0 Å². The summed E-state index contributed by atoms with van der Waals surface area (Å²) in [6.07, 6.45) is 8.73. The fraction of sp³-hybridized carbons (Fsp3) is 0.556. The number of ether oxygens (including phenoxy) is 1. The quantitative estimate of drug-likeness (QED) is 0.545. The van der Waals surface area contributed by atoms with Gasteiger partial charge in [0.2, 0.25) is 0 Å². The maximum atomic E-state index is 11.2. The molecule has 0 saturated carbocycles. The molecule has 0 unspecified atom stereocenters. The number of nitrogens with zero attached hydrogens (tertiary/aromatic N) is 1. The van der Waals surface area contributed by atoms with Gasteiger partial charge < -0.3 is 9.64 Å². The van der Waals surface area contributed by atoms with Gasteiger partial charge in [-0.3, -0.25) is 0 Å². The Morgan fingerprint density at radius 2 is 2.25 bits per heavy atom. The molecule has 0 aliphatic carbocycles. The maximum absolute atomic E-state index is 11.2. The van der Waals surface area contributed by atoms with Crippen LogP contribution in [0.2, 0.25) is 0 Å². The number of hydrogen-bond donors (Lipinski definition) is 0. The Kier molecular flexibility index (Phi) is 3.46. The summed E-state index contributed by atoms with van der Waals surface area (Å²) in [6.45, 7) is 1.58. The molecule has 1 amide bonds. The summed E-state index contributed by atoms with van der Waals surface area (Å²) in [7, 11) is 0. The fourth-order valence-corrected chi connectivity index (χ4v) is 1.13. The molecule has 1 aliphatic rings. The Hall–Kier alpha value is -1.17. The molecule has 3 nitrogen and oxygen atoms in total. The number of likely N-dealkylation sites (tertiary alicyclic amines) is 1. The summed E-state index contributed by atoms with van der Waals surface area (Å²) >= 11 is 0. The van der Waals surface area contributed by atoms with Crippen molar-refractivity contribution in [1.29, 1.82) is 0 Å². The van der Waals surface area contributed by atoms with Crippen molar-refractivity contribution in [3.8, 4) is 12.3 Å². The number of hydrogen-bond acceptors (Lipinski definition) is 2. The zero-order valence-corrected chi connectivity index (χ0v) is 6.95. The molecule has 65 valence electrons. The molecule has 12 heavy (non-hydrogen) atoms. The molecule has 0 atom stereocenters. The second-order valence-corrected chi connectivity index (χ2v) is 2.61. The third kappa shape index (κ3) is 2.46. The normalized spacial score (nSPS) is 16.8. The lowest BCUT2D eigenvalue weighted by atomic mass is 10.1. The average Bonchev–Trinajstić information content (AvgIpc) is 2.15. The van der Waals surface area contributed by atoms with Crippen molar-refractivity contribution in [1.82, 2.24) is 4.90 Å². The van der Waals surface area contributed by atoms with Crippen LogP contribution >= 0.6 is 0 Å². The molecule has 0 aromatic rings. The van der Waals surface area contributed by atoms with E-state index in [0.717, 1.165) is 25.9 Å². The molecular weight excluding hydrogens is 154 g/mol. The molecule has 0 spiro atoms.